The van der Waals surface area contributed by atoms with E-state index in [2.05, 4.69) is 12.1 Å². The molecule has 0 bridgehead atoms. The molecule has 2 aliphatic carbocycles. The minimum absolute atomic E-state index is 0.0552. The van der Waals surface area contributed by atoms with E-state index in [1.165, 1.54) is 6.42 Å². The number of allylic oxidation sites excluding steroid dienone is 1. The van der Waals surface area contributed by atoms with Crippen LogP contribution in [0, 0.1) is 12.8 Å². The van der Waals surface area contributed by atoms with Gasteiger partial charge in [-0.2, -0.15) is 0 Å². The van der Waals surface area contributed by atoms with Crippen molar-refractivity contribution in [3.05, 3.63) is 70.8 Å². The molecule has 33 heavy (non-hydrogen) atoms. The Morgan fingerprint density at radius 3 is 2.42 bits per heavy atom. The fourth-order valence-corrected chi connectivity index (χ4v) is 5.73. The Bertz CT molecular complexity index is 1100. The van der Waals surface area contributed by atoms with Gasteiger partial charge in [0.15, 0.2) is 0 Å². The van der Waals surface area contributed by atoms with Crippen molar-refractivity contribution in [1.29, 1.82) is 0 Å². The van der Waals surface area contributed by atoms with Gasteiger partial charge in [0.25, 0.3) is 0 Å². The van der Waals surface area contributed by atoms with Gasteiger partial charge in [-0.15, -0.1) is 0 Å². The SMILES string of the molecule is CC1=C(C(=O)OC2CCCCC2)[C@@H](c2ccc(C)o2)C2C(=O)C[C@@H](c3ccccc3)CC2=N1. The molecule has 2 aromatic rings. The highest BCUT2D eigenvalue weighted by Gasteiger charge is 2.47. The second-order valence-electron chi connectivity index (χ2n) is 9.65. The van der Waals surface area contributed by atoms with E-state index >= 15 is 0 Å². The third-order valence-corrected chi connectivity index (χ3v) is 7.34. The molecule has 1 unspecified atom stereocenters. The Hall–Kier alpha value is -2.95. The van der Waals surface area contributed by atoms with Crippen LogP contribution in [0.25, 0.3) is 0 Å². The van der Waals surface area contributed by atoms with Crippen molar-refractivity contribution in [2.45, 2.75) is 76.7 Å². The zero-order valence-electron chi connectivity index (χ0n) is 19.4. The molecule has 5 rings (SSSR count). The number of hydrogen-bond donors (Lipinski definition) is 0. The Morgan fingerprint density at radius 1 is 0.970 bits per heavy atom. The van der Waals surface area contributed by atoms with Crippen LogP contribution in [-0.2, 0) is 14.3 Å². The van der Waals surface area contributed by atoms with Gasteiger partial charge in [0.05, 0.1) is 17.4 Å². The molecule has 1 aromatic heterocycles. The molecule has 0 N–H and O–H groups in total. The lowest BCUT2D eigenvalue weighted by molar-refractivity contribution is -0.146. The van der Waals surface area contributed by atoms with Gasteiger partial charge in [-0.05, 0) is 69.6 Å². The number of benzene rings is 1. The molecule has 2 fully saturated rings. The third-order valence-electron chi connectivity index (χ3n) is 7.34. The predicted molar refractivity (Wildman–Crippen MR) is 126 cm³/mol. The van der Waals surface area contributed by atoms with Crippen LogP contribution in [0.5, 0.6) is 0 Å². The molecule has 172 valence electrons. The molecule has 5 nitrogen and oxygen atoms in total. The topological polar surface area (TPSA) is 68.9 Å². The summed E-state index contributed by atoms with van der Waals surface area (Å²) < 4.78 is 11.9. The molecule has 1 aromatic carbocycles. The first-order valence-electron chi connectivity index (χ1n) is 12.1. The lowest BCUT2D eigenvalue weighted by Crippen LogP contribution is -2.41. The molecule has 0 spiro atoms. The fraction of sp³-hybridized carbons (Fsp3) is 0.464. The van der Waals surface area contributed by atoms with E-state index < -0.39 is 11.8 Å². The summed E-state index contributed by atoms with van der Waals surface area (Å²) in [5, 5.41) is 0. The number of fused-ring (bicyclic) bond motifs is 1. The zero-order valence-corrected chi connectivity index (χ0v) is 19.4. The Kier molecular flexibility index (Phi) is 6.05. The summed E-state index contributed by atoms with van der Waals surface area (Å²) in [4.78, 5) is 31.8. The second-order valence-corrected chi connectivity index (χ2v) is 9.65. The smallest absolute Gasteiger partial charge is 0.336 e. The van der Waals surface area contributed by atoms with Crippen molar-refractivity contribution >= 4 is 17.5 Å². The number of furan rings is 1. The molecular weight excluding hydrogens is 414 g/mol. The van der Waals surface area contributed by atoms with Gasteiger partial charge in [-0.1, -0.05) is 36.8 Å². The largest absolute Gasteiger partial charge is 0.466 e. The first-order valence-corrected chi connectivity index (χ1v) is 12.1. The van der Waals surface area contributed by atoms with Crippen LogP contribution in [0.15, 0.2) is 63.1 Å². The third kappa shape index (κ3) is 4.33. The molecule has 0 radical (unpaired) electrons. The minimum atomic E-state index is -0.480. The average molecular weight is 446 g/mol. The zero-order chi connectivity index (χ0) is 22.9. The summed E-state index contributed by atoms with van der Waals surface area (Å²) in [6.45, 7) is 3.74. The Balaban J connectivity index is 1.52. The molecule has 5 heteroatoms. The molecular formula is C28H31NO4. The van der Waals surface area contributed by atoms with E-state index in [0.29, 0.717) is 29.9 Å². The number of ketones is 1. The highest BCUT2D eigenvalue weighted by atomic mass is 16.5. The van der Waals surface area contributed by atoms with Gasteiger partial charge in [-0.3, -0.25) is 9.79 Å². The second kappa shape index (κ2) is 9.12. The van der Waals surface area contributed by atoms with Gasteiger partial charge in [-0.25, -0.2) is 4.79 Å². The number of carbonyl (C=O) groups is 2. The van der Waals surface area contributed by atoms with Crippen LogP contribution in [0.2, 0.25) is 0 Å². The molecule has 0 amide bonds. The van der Waals surface area contributed by atoms with Crippen LogP contribution < -0.4 is 0 Å². The quantitative estimate of drug-likeness (QED) is 0.538. The lowest BCUT2D eigenvalue weighted by Gasteiger charge is -2.37. The van der Waals surface area contributed by atoms with Crippen LogP contribution >= 0.6 is 0 Å². The summed E-state index contributed by atoms with van der Waals surface area (Å²) in [5.74, 6) is 0.321. The Labute approximate surface area is 194 Å². The van der Waals surface area contributed by atoms with E-state index in [9.17, 15) is 9.59 Å². The monoisotopic (exact) mass is 445 g/mol. The van der Waals surface area contributed by atoms with Crippen molar-refractivity contribution in [3.63, 3.8) is 0 Å². The van der Waals surface area contributed by atoms with Gasteiger partial charge in [0.2, 0.25) is 0 Å². The van der Waals surface area contributed by atoms with Gasteiger partial charge < -0.3 is 9.15 Å². The van der Waals surface area contributed by atoms with Crippen LogP contribution in [0.3, 0.4) is 0 Å². The van der Waals surface area contributed by atoms with Gasteiger partial charge >= 0.3 is 5.97 Å². The molecule has 3 atom stereocenters. The number of ether oxygens (including phenoxy) is 1. The molecule has 0 saturated heterocycles. The highest BCUT2D eigenvalue weighted by Crippen LogP contribution is 2.46. The van der Waals surface area contributed by atoms with E-state index in [-0.39, 0.29) is 23.8 Å². The standard InChI is InChI=1S/C28H31NO4/c1-17-13-14-24(32-17)27-25(28(31)33-21-11-7-4-8-12-21)18(2)29-22-15-20(16-23(30)26(22)27)19-9-5-3-6-10-19/h3,5-6,9-10,13-14,20-21,26-27H,4,7-8,11-12,15-16H2,1-2H3/t20-,26?,27+/m0/s1. The average Bonchev–Trinajstić information content (AvgIpc) is 3.25. The predicted octanol–water partition coefficient (Wildman–Crippen LogP) is 6.04. The van der Waals surface area contributed by atoms with Crippen LogP contribution in [-0.4, -0.2) is 23.6 Å². The van der Waals surface area contributed by atoms with Crippen LogP contribution in [0.4, 0.5) is 0 Å². The number of hydrogen-bond acceptors (Lipinski definition) is 5. The number of rotatable bonds is 4. The summed E-state index contributed by atoms with van der Waals surface area (Å²) in [6.07, 6.45) is 6.25. The summed E-state index contributed by atoms with van der Waals surface area (Å²) in [5.41, 5.74) is 3.13. The first-order chi connectivity index (χ1) is 16.0. The van der Waals surface area contributed by atoms with Crippen LogP contribution in [0.1, 0.15) is 80.8 Å². The number of esters is 1. The lowest BCUT2D eigenvalue weighted by atomic mass is 9.67. The van der Waals surface area contributed by atoms with E-state index in [0.717, 1.165) is 42.7 Å². The summed E-state index contributed by atoms with van der Waals surface area (Å²) >= 11 is 0. The maximum Gasteiger partial charge on any atom is 0.336 e. The minimum Gasteiger partial charge on any atom is -0.466 e. The number of carbonyl (C=O) groups excluding carboxylic acids is 2. The maximum absolute atomic E-state index is 13.6. The normalized spacial score (nSPS) is 26.1. The van der Waals surface area contributed by atoms with E-state index in [1.54, 1.807) is 0 Å². The highest BCUT2D eigenvalue weighted by molar-refractivity contribution is 6.12. The number of aryl methyl sites for hydroxylation is 1. The maximum atomic E-state index is 13.6. The molecule has 3 aliphatic rings. The summed E-state index contributed by atoms with van der Waals surface area (Å²) in [7, 11) is 0. The van der Waals surface area contributed by atoms with Crippen molar-refractivity contribution in [3.8, 4) is 0 Å². The van der Waals surface area contributed by atoms with E-state index in [4.69, 9.17) is 14.1 Å². The molecule has 2 heterocycles. The molecule has 1 aliphatic heterocycles. The van der Waals surface area contributed by atoms with Crippen molar-refractivity contribution in [1.82, 2.24) is 0 Å². The number of Topliss-reactive ketones (excluding diaryl/α,β-unsaturated/α-hetero) is 1. The first kappa shape index (κ1) is 21.9. The number of nitrogens with zero attached hydrogens (tertiary/aromatic N) is 1. The number of aliphatic imine (C=N–C) groups is 1. The summed E-state index contributed by atoms with van der Waals surface area (Å²) in [6, 6.07) is 13.9. The molecule has 2 saturated carbocycles. The van der Waals surface area contributed by atoms with Crippen molar-refractivity contribution in [2.24, 2.45) is 10.9 Å². The van der Waals surface area contributed by atoms with Gasteiger partial charge in [0, 0.05) is 17.8 Å². The fourth-order valence-electron chi connectivity index (χ4n) is 5.73. The van der Waals surface area contributed by atoms with E-state index in [1.807, 2.05) is 44.2 Å². The van der Waals surface area contributed by atoms with Crippen molar-refractivity contribution < 1.29 is 18.7 Å². The van der Waals surface area contributed by atoms with Crippen molar-refractivity contribution in [2.75, 3.05) is 0 Å². The Morgan fingerprint density at radius 2 is 1.73 bits per heavy atom. The van der Waals surface area contributed by atoms with Gasteiger partial charge in [0.1, 0.15) is 23.4 Å².